The second-order valence-corrected chi connectivity index (χ2v) is 5.11. The molecule has 0 aromatic rings. The van der Waals surface area contributed by atoms with Crippen LogP contribution < -0.4 is 11.1 Å². The second kappa shape index (κ2) is 7.51. The van der Waals surface area contributed by atoms with Crippen molar-refractivity contribution in [3.05, 3.63) is 12.2 Å². The molecule has 5 nitrogen and oxygen atoms in total. The van der Waals surface area contributed by atoms with Gasteiger partial charge in [-0.05, 0) is 25.2 Å². The SMILES string of the molecule is CC(C)CC(N)C(=O)N[C@H]1OCC=CCC[C@@H]1O. The highest BCUT2D eigenvalue weighted by Crippen LogP contribution is 2.09. The van der Waals surface area contributed by atoms with Crippen molar-refractivity contribution < 1.29 is 14.6 Å². The molecule has 3 atom stereocenters. The first kappa shape index (κ1) is 15.1. The number of carbonyl (C=O) groups excluding carboxylic acids is 1. The van der Waals surface area contributed by atoms with Gasteiger partial charge in [0.2, 0.25) is 5.91 Å². The van der Waals surface area contributed by atoms with E-state index in [1.165, 1.54) is 0 Å². The molecule has 0 bridgehead atoms. The molecule has 18 heavy (non-hydrogen) atoms. The van der Waals surface area contributed by atoms with Crippen LogP contribution >= 0.6 is 0 Å². The van der Waals surface area contributed by atoms with Crippen LogP contribution in [0.25, 0.3) is 0 Å². The molecule has 1 rings (SSSR count). The lowest BCUT2D eigenvalue weighted by Crippen LogP contribution is -2.51. The van der Waals surface area contributed by atoms with Gasteiger partial charge in [0.25, 0.3) is 0 Å². The molecule has 0 fully saturated rings. The van der Waals surface area contributed by atoms with Gasteiger partial charge in [-0.3, -0.25) is 4.79 Å². The maximum absolute atomic E-state index is 11.8. The van der Waals surface area contributed by atoms with Crippen molar-refractivity contribution in [1.29, 1.82) is 0 Å². The van der Waals surface area contributed by atoms with Crippen molar-refractivity contribution in [2.75, 3.05) is 6.61 Å². The summed E-state index contributed by atoms with van der Waals surface area (Å²) < 4.78 is 5.40. The third-order valence-corrected chi connectivity index (χ3v) is 2.86. The van der Waals surface area contributed by atoms with Crippen molar-refractivity contribution in [1.82, 2.24) is 5.32 Å². The summed E-state index contributed by atoms with van der Waals surface area (Å²) in [4.78, 5) is 11.8. The van der Waals surface area contributed by atoms with Gasteiger partial charge in [0.15, 0.2) is 6.23 Å². The van der Waals surface area contributed by atoms with E-state index in [9.17, 15) is 9.90 Å². The quantitative estimate of drug-likeness (QED) is 0.641. The summed E-state index contributed by atoms with van der Waals surface area (Å²) in [5.41, 5.74) is 5.79. The topological polar surface area (TPSA) is 84.6 Å². The number of hydrogen-bond donors (Lipinski definition) is 3. The minimum absolute atomic E-state index is 0.266. The smallest absolute Gasteiger partial charge is 0.238 e. The first-order valence-electron chi connectivity index (χ1n) is 6.51. The predicted molar refractivity (Wildman–Crippen MR) is 69.7 cm³/mol. The number of amides is 1. The molecule has 1 aliphatic heterocycles. The molecule has 4 N–H and O–H groups in total. The van der Waals surface area contributed by atoms with E-state index in [1.807, 2.05) is 26.0 Å². The van der Waals surface area contributed by atoms with Gasteiger partial charge in [-0.15, -0.1) is 0 Å². The first-order chi connectivity index (χ1) is 8.50. The summed E-state index contributed by atoms with van der Waals surface area (Å²) in [5.74, 6) is 0.0918. The van der Waals surface area contributed by atoms with Gasteiger partial charge in [0.1, 0.15) is 0 Å². The van der Waals surface area contributed by atoms with E-state index in [4.69, 9.17) is 10.5 Å². The Hall–Kier alpha value is -0.910. The maximum Gasteiger partial charge on any atom is 0.238 e. The Morgan fingerprint density at radius 1 is 1.56 bits per heavy atom. The predicted octanol–water partition coefficient (Wildman–Crippen LogP) is 0.530. The molecule has 0 radical (unpaired) electrons. The fraction of sp³-hybridized carbons (Fsp3) is 0.769. The van der Waals surface area contributed by atoms with Gasteiger partial charge < -0.3 is 20.9 Å². The number of nitrogens with two attached hydrogens (primary N) is 1. The van der Waals surface area contributed by atoms with Crippen LogP contribution in [0.15, 0.2) is 12.2 Å². The molecule has 0 spiro atoms. The third-order valence-electron chi connectivity index (χ3n) is 2.86. The molecule has 0 aromatic carbocycles. The summed E-state index contributed by atoms with van der Waals surface area (Å²) >= 11 is 0. The number of ether oxygens (including phenoxy) is 1. The van der Waals surface area contributed by atoms with Crippen molar-refractivity contribution in [3.8, 4) is 0 Å². The van der Waals surface area contributed by atoms with Crippen LogP contribution in [0.5, 0.6) is 0 Å². The fourth-order valence-corrected chi connectivity index (χ4v) is 1.87. The van der Waals surface area contributed by atoms with Crippen LogP contribution in [0.3, 0.4) is 0 Å². The normalized spacial score (nSPS) is 26.5. The summed E-state index contributed by atoms with van der Waals surface area (Å²) in [6.07, 6.45) is 4.47. The lowest BCUT2D eigenvalue weighted by Gasteiger charge is -2.26. The zero-order valence-electron chi connectivity index (χ0n) is 11.1. The lowest BCUT2D eigenvalue weighted by atomic mass is 10.0. The largest absolute Gasteiger partial charge is 0.388 e. The van der Waals surface area contributed by atoms with Gasteiger partial charge in [0.05, 0.1) is 18.8 Å². The molecule has 0 saturated heterocycles. The van der Waals surface area contributed by atoms with E-state index >= 15 is 0 Å². The van der Waals surface area contributed by atoms with Gasteiger partial charge in [-0.1, -0.05) is 26.0 Å². The third kappa shape index (κ3) is 5.16. The Bertz CT molecular complexity index is 292. The Labute approximate surface area is 108 Å². The monoisotopic (exact) mass is 256 g/mol. The number of aliphatic hydroxyl groups is 1. The van der Waals surface area contributed by atoms with E-state index in [1.54, 1.807) is 0 Å². The van der Waals surface area contributed by atoms with Gasteiger partial charge >= 0.3 is 0 Å². The van der Waals surface area contributed by atoms with E-state index in [0.717, 1.165) is 6.42 Å². The maximum atomic E-state index is 11.8. The number of carbonyl (C=O) groups is 1. The Morgan fingerprint density at radius 3 is 2.94 bits per heavy atom. The van der Waals surface area contributed by atoms with Crippen LogP contribution in [0.4, 0.5) is 0 Å². The van der Waals surface area contributed by atoms with Crippen LogP contribution in [-0.4, -0.2) is 36.0 Å². The molecule has 0 aromatic heterocycles. The summed E-state index contributed by atoms with van der Waals surface area (Å²) in [5, 5.41) is 12.5. The molecule has 1 aliphatic rings. The average Bonchev–Trinajstić information content (AvgIpc) is 2.27. The zero-order valence-corrected chi connectivity index (χ0v) is 11.1. The van der Waals surface area contributed by atoms with Crippen LogP contribution in [0.1, 0.15) is 33.1 Å². The number of rotatable bonds is 4. The highest BCUT2D eigenvalue weighted by molar-refractivity contribution is 5.81. The number of aliphatic hydroxyl groups excluding tert-OH is 1. The van der Waals surface area contributed by atoms with Gasteiger partial charge in [-0.2, -0.15) is 0 Å². The molecular weight excluding hydrogens is 232 g/mol. The molecule has 1 unspecified atom stereocenters. The second-order valence-electron chi connectivity index (χ2n) is 5.11. The Balaban J connectivity index is 2.48. The van der Waals surface area contributed by atoms with E-state index < -0.39 is 18.4 Å². The minimum Gasteiger partial charge on any atom is -0.388 e. The van der Waals surface area contributed by atoms with Gasteiger partial charge in [-0.25, -0.2) is 0 Å². The highest BCUT2D eigenvalue weighted by atomic mass is 16.5. The Morgan fingerprint density at radius 2 is 2.28 bits per heavy atom. The molecule has 1 heterocycles. The molecule has 104 valence electrons. The van der Waals surface area contributed by atoms with E-state index in [2.05, 4.69) is 5.32 Å². The molecule has 5 heteroatoms. The summed E-state index contributed by atoms with van der Waals surface area (Å²) in [7, 11) is 0. The number of nitrogens with one attached hydrogen (secondary N) is 1. The van der Waals surface area contributed by atoms with E-state index in [0.29, 0.717) is 25.4 Å². The van der Waals surface area contributed by atoms with Crippen LogP contribution in [-0.2, 0) is 9.53 Å². The summed E-state index contributed by atoms with van der Waals surface area (Å²) in [6, 6.07) is -0.554. The van der Waals surface area contributed by atoms with Crippen molar-refractivity contribution >= 4 is 5.91 Å². The first-order valence-corrected chi connectivity index (χ1v) is 6.51. The van der Waals surface area contributed by atoms with Crippen molar-refractivity contribution in [3.63, 3.8) is 0 Å². The highest BCUT2D eigenvalue weighted by Gasteiger charge is 2.24. The van der Waals surface area contributed by atoms with E-state index in [-0.39, 0.29) is 5.91 Å². The van der Waals surface area contributed by atoms with Crippen molar-refractivity contribution in [2.45, 2.75) is 51.5 Å². The zero-order chi connectivity index (χ0) is 13.5. The molecule has 1 amide bonds. The fourth-order valence-electron chi connectivity index (χ4n) is 1.87. The standard InChI is InChI=1S/C13H24N2O3/c1-9(2)8-10(14)12(17)15-13-11(16)6-4-3-5-7-18-13/h3,5,9-11,13,16H,4,6-8,14H2,1-2H3,(H,15,17)/t10?,11-,13-/m0/s1. The molecule has 0 saturated carbocycles. The minimum atomic E-state index is -0.690. The van der Waals surface area contributed by atoms with Crippen LogP contribution in [0.2, 0.25) is 0 Å². The molecule has 0 aliphatic carbocycles. The molecular formula is C13H24N2O3. The Kier molecular flexibility index (Phi) is 6.32. The van der Waals surface area contributed by atoms with Crippen molar-refractivity contribution in [2.24, 2.45) is 11.7 Å². The number of allylic oxidation sites excluding steroid dienone is 1. The average molecular weight is 256 g/mol. The van der Waals surface area contributed by atoms with Gasteiger partial charge in [0, 0.05) is 0 Å². The lowest BCUT2D eigenvalue weighted by molar-refractivity contribution is -0.131. The summed E-state index contributed by atoms with van der Waals surface area (Å²) in [6.45, 7) is 4.42. The number of hydrogen-bond acceptors (Lipinski definition) is 4. The van der Waals surface area contributed by atoms with Crippen LogP contribution in [0, 0.1) is 5.92 Å².